The Morgan fingerprint density at radius 3 is 2.38 bits per heavy atom. The molecule has 2 aromatic heterocycles. The molecular weight excluding hydrogens is 514 g/mol. The Labute approximate surface area is 235 Å². The highest BCUT2D eigenvalue weighted by Gasteiger charge is 2.20. The lowest BCUT2D eigenvalue weighted by Crippen LogP contribution is -1.95. The molecule has 0 saturated heterocycles. The Morgan fingerprint density at radius 1 is 0.675 bits per heavy atom. The van der Waals surface area contributed by atoms with Crippen LogP contribution in [0.25, 0.3) is 71.3 Å². The van der Waals surface area contributed by atoms with Gasteiger partial charge in [0.25, 0.3) is 0 Å². The van der Waals surface area contributed by atoms with Crippen LogP contribution in [0.15, 0.2) is 114 Å². The third-order valence-electron chi connectivity index (χ3n) is 7.98. The molecule has 8 aromatic rings. The van der Waals surface area contributed by atoms with Crippen LogP contribution in [0.4, 0.5) is 0 Å². The van der Waals surface area contributed by atoms with Crippen LogP contribution in [0.5, 0.6) is 5.75 Å². The van der Waals surface area contributed by atoms with Gasteiger partial charge in [-0.1, -0.05) is 66.2 Å². The van der Waals surface area contributed by atoms with Gasteiger partial charge in [-0.15, -0.1) is 0 Å². The van der Waals surface area contributed by atoms with Gasteiger partial charge in [0.1, 0.15) is 16.9 Å². The minimum Gasteiger partial charge on any atom is -0.496 e. The van der Waals surface area contributed by atoms with Gasteiger partial charge >= 0.3 is 0 Å². The average molecular weight is 538 g/mol. The van der Waals surface area contributed by atoms with Crippen molar-refractivity contribution >= 4 is 66.1 Å². The average Bonchev–Trinajstić information content (AvgIpc) is 3.51. The number of halogens is 1. The number of furan rings is 1. The summed E-state index contributed by atoms with van der Waals surface area (Å²) in [7, 11) is 1.71. The van der Waals surface area contributed by atoms with Gasteiger partial charge in [0.05, 0.1) is 28.6 Å². The molecule has 192 valence electrons. The largest absolute Gasteiger partial charge is 0.496 e. The van der Waals surface area contributed by atoms with E-state index in [0.29, 0.717) is 5.02 Å². The maximum absolute atomic E-state index is 6.93. The van der Waals surface area contributed by atoms with Crippen molar-refractivity contribution in [3.05, 3.63) is 120 Å². The van der Waals surface area contributed by atoms with Crippen LogP contribution in [0, 0.1) is 6.92 Å². The fourth-order valence-electron chi connectivity index (χ4n) is 6.08. The van der Waals surface area contributed by atoms with Crippen molar-refractivity contribution in [3.8, 4) is 22.6 Å². The highest BCUT2D eigenvalue weighted by atomic mass is 35.5. The SMILES string of the molecule is COc1ccc(Cl)c2c1c1cc(-c3ccccc3)ccc1n2-c1ccc2cc3c(cc2c1)oc1cc(C)ccc13. The Balaban J connectivity index is 1.41. The summed E-state index contributed by atoms with van der Waals surface area (Å²) in [4.78, 5) is 0. The molecule has 8 rings (SSSR count). The molecule has 0 aliphatic heterocycles. The molecule has 0 aliphatic rings. The summed E-state index contributed by atoms with van der Waals surface area (Å²) in [5.41, 5.74) is 8.34. The van der Waals surface area contributed by atoms with Gasteiger partial charge in [0, 0.05) is 21.8 Å². The molecule has 0 saturated carbocycles. The fraction of sp³-hybridized carbons (Fsp3) is 0.0556. The molecule has 0 spiro atoms. The van der Waals surface area contributed by atoms with Crippen LogP contribution in [0.3, 0.4) is 0 Å². The number of ether oxygens (including phenoxy) is 1. The molecule has 0 unspecified atom stereocenters. The van der Waals surface area contributed by atoms with Crippen LogP contribution in [0.1, 0.15) is 5.56 Å². The molecule has 0 aliphatic carbocycles. The summed E-state index contributed by atoms with van der Waals surface area (Å²) in [6, 6.07) is 38.2. The minimum absolute atomic E-state index is 0.677. The topological polar surface area (TPSA) is 27.3 Å². The zero-order valence-corrected chi connectivity index (χ0v) is 22.8. The number of aromatic nitrogens is 1. The number of aryl methyl sites for hydroxylation is 1. The van der Waals surface area contributed by atoms with Crippen LogP contribution in [-0.4, -0.2) is 11.7 Å². The van der Waals surface area contributed by atoms with Crippen molar-refractivity contribution in [2.24, 2.45) is 0 Å². The fourth-order valence-corrected chi connectivity index (χ4v) is 6.32. The lowest BCUT2D eigenvalue weighted by atomic mass is 10.0. The standard InChI is InChI=1S/C36H24ClNO2/c1-21-8-12-27-28-18-24-9-11-26(17-25(24)20-34(28)40-33(27)16-21)38-31-14-10-23(22-6-4-3-5-7-22)19-29(31)35-32(39-2)15-13-30(37)36(35)38/h3-20H,1-2H3. The van der Waals surface area contributed by atoms with Gasteiger partial charge in [-0.05, 0) is 89.0 Å². The molecule has 0 amide bonds. The highest BCUT2D eigenvalue weighted by Crippen LogP contribution is 2.43. The smallest absolute Gasteiger partial charge is 0.136 e. The van der Waals surface area contributed by atoms with E-state index < -0.39 is 0 Å². The van der Waals surface area contributed by atoms with Crippen LogP contribution in [-0.2, 0) is 0 Å². The van der Waals surface area contributed by atoms with E-state index in [1.165, 1.54) is 11.1 Å². The Bertz CT molecular complexity index is 2270. The van der Waals surface area contributed by atoms with Crippen molar-refractivity contribution in [1.29, 1.82) is 0 Å². The van der Waals surface area contributed by atoms with Gasteiger partial charge in [0.2, 0.25) is 0 Å². The first-order valence-corrected chi connectivity index (χ1v) is 13.7. The van der Waals surface area contributed by atoms with Crippen LogP contribution < -0.4 is 4.74 Å². The Morgan fingerprint density at radius 2 is 1.52 bits per heavy atom. The Kier molecular flexibility index (Phi) is 5.01. The number of hydrogen-bond acceptors (Lipinski definition) is 2. The van der Waals surface area contributed by atoms with E-state index in [-0.39, 0.29) is 0 Å². The van der Waals surface area contributed by atoms with Gasteiger partial charge in [-0.3, -0.25) is 0 Å². The van der Waals surface area contributed by atoms with E-state index in [2.05, 4.69) is 102 Å². The second-order valence-electron chi connectivity index (χ2n) is 10.4. The summed E-state index contributed by atoms with van der Waals surface area (Å²) in [6.07, 6.45) is 0. The van der Waals surface area contributed by atoms with Gasteiger partial charge in [0.15, 0.2) is 0 Å². The van der Waals surface area contributed by atoms with E-state index in [9.17, 15) is 0 Å². The zero-order valence-electron chi connectivity index (χ0n) is 22.0. The van der Waals surface area contributed by atoms with Crippen molar-refractivity contribution in [1.82, 2.24) is 4.57 Å². The monoisotopic (exact) mass is 537 g/mol. The molecule has 6 aromatic carbocycles. The minimum atomic E-state index is 0.677. The molecule has 0 atom stereocenters. The van der Waals surface area contributed by atoms with E-state index in [0.717, 1.165) is 71.5 Å². The van der Waals surface area contributed by atoms with Crippen molar-refractivity contribution in [2.45, 2.75) is 6.92 Å². The van der Waals surface area contributed by atoms with E-state index in [1.54, 1.807) is 7.11 Å². The first-order chi connectivity index (χ1) is 19.6. The molecule has 3 nitrogen and oxygen atoms in total. The lowest BCUT2D eigenvalue weighted by Gasteiger charge is -2.11. The molecule has 4 heteroatoms. The molecule has 0 bridgehead atoms. The number of methoxy groups -OCH3 is 1. The summed E-state index contributed by atoms with van der Waals surface area (Å²) in [5.74, 6) is 0.799. The van der Waals surface area contributed by atoms with E-state index in [1.807, 2.05) is 18.2 Å². The molecule has 40 heavy (non-hydrogen) atoms. The zero-order chi connectivity index (χ0) is 27.0. The molecule has 0 radical (unpaired) electrons. The normalized spacial score (nSPS) is 11.9. The number of fused-ring (bicyclic) bond motifs is 7. The third-order valence-corrected chi connectivity index (χ3v) is 8.28. The van der Waals surface area contributed by atoms with Crippen molar-refractivity contribution in [3.63, 3.8) is 0 Å². The van der Waals surface area contributed by atoms with Gasteiger partial charge in [-0.25, -0.2) is 0 Å². The van der Waals surface area contributed by atoms with Crippen molar-refractivity contribution < 1.29 is 9.15 Å². The molecular formula is C36H24ClNO2. The van der Waals surface area contributed by atoms with Crippen LogP contribution in [0.2, 0.25) is 5.02 Å². The maximum atomic E-state index is 6.93. The Hall–Kier alpha value is -4.73. The van der Waals surface area contributed by atoms with E-state index >= 15 is 0 Å². The number of nitrogens with zero attached hydrogens (tertiary/aromatic N) is 1. The maximum Gasteiger partial charge on any atom is 0.136 e. The lowest BCUT2D eigenvalue weighted by molar-refractivity contribution is 0.420. The van der Waals surface area contributed by atoms with Gasteiger partial charge < -0.3 is 13.7 Å². The van der Waals surface area contributed by atoms with Gasteiger partial charge in [-0.2, -0.15) is 0 Å². The summed E-state index contributed by atoms with van der Waals surface area (Å²) in [5, 5.41) is 7.32. The van der Waals surface area contributed by atoms with Crippen LogP contribution >= 0.6 is 11.6 Å². The quantitative estimate of drug-likeness (QED) is 0.224. The number of benzene rings is 6. The van der Waals surface area contributed by atoms with E-state index in [4.69, 9.17) is 20.8 Å². The molecule has 0 N–H and O–H groups in total. The third kappa shape index (κ3) is 3.38. The summed E-state index contributed by atoms with van der Waals surface area (Å²) >= 11 is 6.93. The molecule has 2 heterocycles. The first kappa shape index (κ1) is 23.2. The second-order valence-corrected chi connectivity index (χ2v) is 10.8. The molecule has 0 fully saturated rings. The summed E-state index contributed by atoms with van der Waals surface area (Å²) < 4.78 is 14.4. The first-order valence-electron chi connectivity index (χ1n) is 13.3. The highest BCUT2D eigenvalue weighted by molar-refractivity contribution is 6.37. The van der Waals surface area contributed by atoms with Crippen molar-refractivity contribution in [2.75, 3.05) is 7.11 Å². The summed E-state index contributed by atoms with van der Waals surface area (Å²) in [6.45, 7) is 2.09. The number of rotatable bonds is 3. The number of hydrogen-bond donors (Lipinski definition) is 0. The predicted octanol–water partition coefficient (Wildman–Crippen LogP) is 10.5. The second kappa shape index (κ2) is 8.64. The predicted molar refractivity (Wildman–Crippen MR) is 167 cm³/mol.